The number of aromatic hydroxyl groups is 1. The minimum absolute atomic E-state index is 0.132. The zero-order chi connectivity index (χ0) is 30.2. The summed E-state index contributed by atoms with van der Waals surface area (Å²) in [6.07, 6.45) is 1.88. The fourth-order valence-electron chi connectivity index (χ4n) is 6.37. The Kier molecular flexibility index (Phi) is 6.54. The molecule has 0 atom stereocenters. The molecule has 0 aliphatic rings. The quantitative estimate of drug-likeness (QED) is 0.183. The molecule has 8 aromatic rings. The van der Waals surface area contributed by atoms with E-state index in [2.05, 4.69) is 97.1 Å². The van der Waals surface area contributed by atoms with Crippen LogP contribution in [0, 0.1) is 0 Å². The number of aromatic nitrogens is 3. The van der Waals surface area contributed by atoms with E-state index in [-0.39, 0.29) is 5.75 Å². The van der Waals surface area contributed by atoms with Crippen LogP contribution in [0.15, 0.2) is 162 Å². The number of hydrogen-bond donors (Lipinski definition) is 1. The first kappa shape index (κ1) is 26.8. The number of fused-ring (bicyclic) bond motifs is 3. The van der Waals surface area contributed by atoms with Gasteiger partial charge in [0.05, 0.1) is 0 Å². The lowest BCUT2D eigenvalue weighted by Gasteiger charge is -2.33. The van der Waals surface area contributed by atoms with E-state index >= 15 is 0 Å². The molecule has 0 aliphatic carbocycles. The van der Waals surface area contributed by atoms with Crippen LogP contribution in [0.2, 0.25) is 0 Å². The van der Waals surface area contributed by atoms with Crippen LogP contribution in [0.25, 0.3) is 44.7 Å². The molecule has 8 rings (SSSR count). The molecule has 3 heterocycles. The van der Waals surface area contributed by atoms with E-state index in [1.807, 2.05) is 48.7 Å². The van der Waals surface area contributed by atoms with Crippen molar-refractivity contribution in [1.82, 2.24) is 15.0 Å². The molecule has 1 N–H and O–H groups in total. The fraction of sp³-hybridized carbons (Fsp3) is 0. The van der Waals surface area contributed by atoms with E-state index in [0.717, 1.165) is 21.8 Å². The Labute approximate surface area is 261 Å². The van der Waals surface area contributed by atoms with E-state index in [1.54, 1.807) is 12.1 Å². The maximum atomic E-state index is 10.9. The number of nitrogens with zero attached hydrogens (tertiary/aromatic N) is 3. The molecular weight excluding hydrogens is 571 g/mol. The lowest BCUT2D eigenvalue weighted by atomic mass is 10.1. The van der Waals surface area contributed by atoms with Crippen LogP contribution in [0.4, 0.5) is 0 Å². The third-order valence-electron chi connectivity index (χ3n) is 8.40. The maximum Gasteiger partial charge on any atom is 0.201 e. The fourth-order valence-corrected chi connectivity index (χ4v) is 11.0. The summed E-state index contributed by atoms with van der Waals surface area (Å²) >= 11 is 0. The van der Waals surface area contributed by atoms with Gasteiger partial charge in [0.1, 0.15) is 22.5 Å². The molecule has 0 radical (unpaired) electrons. The molecule has 3 aromatic heterocycles. The number of phenolic OH excluding ortho intramolecular Hbond substituents is 1. The summed E-state index contributed by atoms with van der Waals surface area (Å²) in [5, 5.41) is 16.5. The van der Waals surface area contributed by atoms with Crippen molar-refractivity contribution in [2.24, 2.45) is 0 Å². The first-order valence-corrected chi connectivity index (χ1v) is 16.8. The van der Waals surface area contributed by atoms with Gasteiger partial charge in [-0.1, -0.05) is 115 Å². The van der Waals surface area contributed by atoms with Gasteiger partial charge in [0, 0.05) is 28.0 Å². The van der Waals surface area contributed by atoms with Gasteiger partial charge in [-0.2, -0.15) is 0 Å². The average molecular weight is 598 g/mol. The van der Waals surface area contributed by atoms with Crippen LogP contribution in [0.3, 0.4) is 0 Å². The number of hydrogen-bond acceptors (Lipinski definition) is 5. The predicted molar refractivity (Wildman–Crippen MR) is 183 cm³/mol. The van der Waals surface area contributed by atoms with E-state index in [4.69, 9.17) is 19.4 Å². The molecule has 45 heavy (non-hydrogen) atoms. The third-order valence-corrected chi connectivity index (χ3v) is 13.0. The molecule has 5 nitrogen and oxygen atoms in total. The topological polar surface area (TPSA) is 72.0 Å². The largest absolute Gasteiger partial charge is 0.507 e. The summed E-state index contributed by atoms with van der Waals surface area (Å²) in [4.78, 5) is 15.2. The van der Waals surface area contributed by atoms with Crippen molar-refractivity contribution >= 4 is 51.0 Å². The van der Waals surface area contributed by atoms with Crippen molar-refractivity contribution in [2.75, 3.05) is 0 Å². The van der Waals surface area contributed by atoms with Crippen molar-refractivity contribution in [3.8, 4) is 28.4 Å². The smallest absolute Gasteiger partial charge is 0.201 e. The third kappa shape index (κ3) is 4.42. The summed E-state index contributed by atoms with van der Waals surface area (Å²) in [5.41, 5.74) is 3.98. The van der Waals surface area contributed by atoms with Crippen molar-refractivity contribution < 1.29 is 9.52 Å². The lowest BCUT2D eigenvalue weighted by molar-refractivity contribution is 0.477. The van der Waals surface area contributed by atoms with Crippen LogP contribution in [-0.4, -0.2) is 28.1 Å². The normalized spacial score (nSPS) is 11.6. The molecule has 0 spiro atoms. The predicted octanol–water partition coefficient (Wildman–Crippen LogP) is 6.19. The molecule has 0 fully saturated rings. The highest BCUT2D eigenvalue weighted by Crippen LogP contribution is 2.38. The van der Waals surface area contributed by atoms with E-state index < -0.39 is 8.07 Å². The molecule has 0 bridgehead atoms. The zero-order valence-electron chi connectivity index (χ0n) is 24.2. The number of furan rings is 1. The van der Waals surface area contributed by atoms with Crippen LogP contribution in [0.1, 0.15) is 0 Å². The average Bonchev–Trinajstić information content (AvgIpc) is 3.49. The van der Waals surface area contributed by atoms with Gasteiger partial charge in [0.2, 0.25) is 8.07 Å². The number of benzene rings is 5. The van der Waals surface area contributed by atoms with E-state index in [9.17, 15) is 5.11 Å². The van der Waals surface area contributed by atoms with Crippen LogP contribution >= 0.6 is 0 Å². The molecule has 0 aliphatic heterocycles. The lowest BCUT2D eigenvalue weighted by Crippen LogP contribution is -2.75. The Bertz CT molecular complexity index is 2190. The Morgan fingerprint density at radius 3 is 1.98 bits per heavy atom. The van der Waals surface area contributed by atoms with Crippen molar-refractivity contribution in [1.29, 1.82) is 0 Å². The van der Waals surface area contributed by atoms with Gasteiger partial charge in [-0.15, -0.1) is 0 Å². The van der Waals surface area contributed by atoms with Gasteiger partial charge in [-0.3, -0.25) is 4.98 Å². The second-order valence-electron chi connectivity index (χ2n) is 11.0. The van der Waals surface area contributed by atoms with Gasteiger partial charge in [-0.05, 0) is 52.0 Å². The van der Waals surface area contributed by atoms with Gasteiger partial charge in [0.15, 0.2) is 11.4 Å². The van der Waals surface area contributed by atoms with E-state index in [1.165, 1.54) is 15.6 Å². The van der Waals surface area contributed by atoms with Crippen LogP contribution < -0.4 is 20.9 Å². The zero-order valence-corrected chi connectivity index (χ0v) is 25.2. The Hall–Kier alpha value is -5.85. The molecular formula is C39H27N3O2Si. The maximum absolute atomic E-state index is 10.9. The molecule has 5 aromatic carbocycles. The molecule has 0 amide bonds. The highest BCUT2D eigenvalue weighted by Gasteiger charge is 2.43. The highest BCUT2D eigenvalue weighted by molar-refractivity contribution is 7.19. The first-order valence-electron chi connectivity index (χ1n) is 14.8. The number of para-hydroxylation sites is 2. The standard InChI is InChI=1S/C39H27N3O2Si/c43-33-22-9-7-20-31(33)36-38-37(32-21-8-10-23-34(32)44-38)42-39(41-36)27-14-13-19-30(26-27)45(28-15-3-1-4-16-28,29-17-5-2-6-18-29)35-24-11-12-25-40-35/h1-26,43H. The summed E-state index contributed by atoms with van der Waals surface area (Å²) in [5.74, 6) is 0.687. The van der Waals surface area contributed by atoms with E-state index in [0.29, 0.717) is 28.2 Å². The number of phenols is 1. The first-order chi connectivity index (χ1) is 22.2. The van der Waals surface area contributed by atoms with Gasteiger partial charge < -0.3 is 9.52 Å². The number of rotatable bonds is 6. The van der Waals surface area contributed by atoms with Gasteiger partial charge >= 0.3 is 0 Å². The SMILES string of the molecule is Oc1ccccc1-c1nc(-c2cccc([Si](c3ccccc3)(c3ccccc3)c3ccccn3)c2)nc2c1oc1ccccc12. The van der Waals surface area contributed by atoms with Crippen molar-refractivity contribution in [3.05, 3.63) is 158 Å². The molecule has 214 valence electrons. The molecule has 6 heteroatoms. The molecule has 0 unspecified atom stereocenters. The van der Waals surface area contributed by atoms with Crippen molar-refractivity contribution in [3.63, 3.8) is 0 Å². The number of pyridine rings is 1. The minimum atomic E-state index is -2.86. The monoisotopic (exact) mass is 597 g/mol. The second-order valence-corrected chi connectivity index (χ2v) is 14.7. The van der Waals surface area contributed by atoms with Crippen LogP contribution in [0.5, 0.6) is 5.75 Å². The Balaban J connectivity index is 1.42. The van der Waals surface area contributed by atoms with Gasteiger partial charge in [-0.25, -0.2) is 9.97 Å². The summed E-state index contributed by atoms with van der Waals surface area (Å²) in [6, 6.07) is 51.2. The summed E-state index contributed by atoms with van der Waals surface area (Å²) in [7, 11) is -2.86. The van der Waals surface area contributed by atoms with Crippen LogP contribution in [-0.2, 0) is 0 Å². The van der Waals surface area contributed by atoms with Crippen molar-refractivity contribution in [2.45, 2.75) is 0 Å². The highest BCUT2D eigenvalue weighted by atomic mass is 28.3. The second kappa shape index (κ2) is 11.0. The minimum Gasteiger partial charge on any atom is -0.507 e. The Morgan fingerprint density at radius 2 is 1.24 bits per heavy atom. The Morgan fingerprint density at radius 1 is 0.578 bits per heavy atom. The van der Waals surface area contributed by atoms with Gasteiger partial charge in [0.25, 0.3) is 0 Å². The molecule has 0 saturated carbocycles. The summed E-state index contributed by atoms with van der Waals surface area (Å²) < 4.78 is 6.30. The summed E-state index contributed by atoms with van der Waals surface area (Å²) in [6.45, 7) is 0. The molecule has 0 saturated heterocycles.